The molecule has 0 fully saturated rings. The van der Waals surface area contributed by atoms with Gasteiger partial charge in [0.25, 0.3) is 0 Å². The van der Waals surface area contributed by atoms with Crippen molar-refractivity contribution in [2.24, 2.45) is 0 Å². The van der Waals surface area contributed by atoms with E-state index in [2.05, 4.69) is 11.4 Å². The standard InChI is InChI=1S/C21H20N2O4S/c1-14-11-15-5-2-3-8-18(15)23(14)20(25)13-28-17-7-4-6-16(12-17)22-19(24)9-10-21(26)27/h2-10,12,14H,11,13H2,1H3,(H,22,24)(H,26,27)/b10-9+. The van der Waals surface area contributed by atoms with Crippen LogP contribution in [0, 0.1) is 0 Å². The monoisotopic (exact) mass is 396 g/mol. The lowest BCUT2D eigenvalue weighted by molar-refractivity contribution is -0.131. The zero-order valence-corrected chi connectivity index (χ0v) is 16.1. The number of aliphatic carboxylic acids is 1. The number of nitrogens with zero attached hydrogens (tertiary/aromatic N) is 1. The summed E-state index contributed by atoms with van der Waals surface area (Å²) in [4.78, 5) is 37.6. The molecule has 1 atom stereocenters. The number of thioether (sulfide) groups is 1. The molecule has 6 nitrogen and oxygen atoms in total. The molecule has 7 heteroatoms. The van der Waals surface area contributed by atoms with E-state index in [9.17, 15) is 14.4 Å². The lowest BCUT2D eigenvalue weighted by atomic mass is 10.1. The second-order valence-corrected chi connectivity index (χ2v) is 7.47. The van der Waals surface area contributed by atoms with Crippen LogP contribution in [0.1, 0.15) is 12.5 Å². The number of rotatable bonds is 6. The highest BCUT2D eigenvalue weighted by atomic mass is 32.2. The van der Waals surface area contributed by atoms with Gasteiger partial charge in [0.1, 0.15) is 0 Å². The Morgan fingerprint density at radius 1 is 1.18 bits per heavy atom. The Kier molecular flexibility index (Phi) is 6.16. The molecule has 2 aromatic rings. The van der Waals surface area contributed by atoms with Crippen LogP contribution in [0.2, 0.25) is 0 Å². The van der Waals surface area contributed by atoms with Crippen molar-refractivity contribution >= 4 is 40.9 Å². The van der Waals surface area contributed by atoms with Crippen molar-refractivity contribution < 1.29 is 19.5 Å². The van der Waals surface area contributed by atoms with Gasteiger partial charge >= 0.3 is 5.97 Å². The molecule has 0 aromatic heterocycles. The summed E-state index contributed by atoms with van der Waals surface area (Å²) in [6.07, 6.45) is 2.59. The van der Waals surface area contributed by atoms with Crippen LogP contribution >= 0.6 is 11.8 Å². The molecule has 2 N–H and O–H groups in total. The van der Waals surface area contributed by atoms with Gasteiger partial charge in [-0.05, 0) is 43.2 Å². The third-order valence-electron chi connectivity index (χ3n) is 4.32. The van der Waals surface area contributed by atoms with E-state index in [1.54, 1.807) is 18.2 Å². The van der Waals surface area contributed by atoms with Crippen LogP contribution in [-0.4, -0.2) is 34.7 Å². The maximum absolute atomic E-state index is 12.8. The molecular formula is C21H20N2O4S. The maximum atomic E-state index is 12.8. The summed E-state index contributed by atoms with van der Waals surface area (Å²) in [5.41, 5.74) is 2.71. The van der Waals surface area contributed by atoms with E-state index in [4.69, 9.17) is 5.11 Å². The molecule has 0 bridgehead atoms. The van der Waals surface area contributed by atoms with E-state index in [-0.39, 0.29) is 17.7 Å². The predicted molar refractivity (Wildman–Crippen MR) is 110 cm³/mol. The lowest BCUT2D eigenvalue weighted by Gasteiger charge is -2.22. The minimum Gasteiger partial charge on any atom is -0.478 e. The largest absolute Gasteiger partial charge is 0.478 e. The van der Waals surface area contributed by atoms with Crippen molar-refractivity contribution in [1.82, 2.24) is 0 Å². The summed E-state index contributed by atoms with van der Waals surface area (Å²) in [5.74, 6) is -1.38. The van der Waals surface area contributed by atoms with Crippen LogP contribution < -0.4 is 10.2 Å². The van der Waals surface area contributed by atoms with Gasteiger partial charge in [-0.1, -0.05) is 24.3 Å². The Morgan fingerprint density at radius 2 is 1.96 bits per heavy atom. The smallest absolute Gasteiger partial charge is 0.328 e. The number of carboxylic acids is 1. The molecule has 0 saturated carbocycles. The van der Waals surface area contributed by atoms with E-state index >= 15 is 0 Å². The normalized spacial score (nSPS) is 15.5. The number of nitrogens with one attached hydrogen (secondary N) is 1. The van der Waals surface area contributed by atoms with E-state index in [0.29, 0.717) is 5.69 Å². The first kappa shape index (κ1) is 19.7. The van der Waals surface area contributed by atoms with Crippen LogP contribution in [0.3, 0.4) is 0 Å². The third-order valence-corrected chi connectivity index (χ3v) is 5.30. The molecule has 2 aromatic carbocycles. The molecule has 1 aliphatic heterocycles. The first-order valence-electron chi connectivity index (χ1n) is 8.79. The molecule has 0 saturated heterocycles. The van der Waals surface area contributed by atoms with E-state index in [1.165, 1.54) is 17.3 Å². The molecular weight excluding hydrogens is 376 g/mol. The minimum atomic E-state index is -1.18. The quantitative estimate of drug-likeness (QED) is 0.578. The van der Waals surface area contributed by atoms with Crippen molar-refractivity contribution in [3.8, 4) is 0 Å². The van der Waals surface area contributed by atoms with Gasteiger partial charge in [0, 0.05) is 34.5 Å². The third kappa shape index (κ3) is 4.80. The van der Waals surface area contributed by atoms with Gasteiger partial charge in [-0.15, -0.1) is 11.8 Å². The Morgan fingerprint density at radius 3 is 2.75 bits per heavy atom. The summed E-state index contributed by atoms with van der Waals surface area (Å²) in [7, 11) is 0. The topological polar surface area (TPSA) is 86.7 Å². The molecule has 1 unspecified atom stereocenters. The number of carbonyl (C=O) groups excluding carboxylic acids is 2. The highest BCUT2D eigenvalue weighted by Gasteiger charge is 2.30. The van der Waals surface area contributed by atoms with Crippen LogP contribution in [0.25, 0.3) is 0 Å². The van der Waals surface area contributed by atoms with Crippen molar-refractivity contribution in [2.75, 3.05) is 16.0 Å². The van der Waals surface area contributed by atoms with Crippen LogP contribution in [-0.2, 0) is 20.8 Å². The highest BCUT2D eigenvalue weighted by molar-refractivity contribution is 8.00. The Bertz CT molecular complexity index is 942. The summed E-state index contributed by atoms with van der Waals surface area (Å²) in [6, 6.07) is 15.2. The average Bonchev–Trinajstić information content (AvgIpc) is 3.00. The van der Waals surface area contributed by atoms with Gasteiger partial charge in [-0.2, -0.15) is 0 Å². The second-order valence-electron chi connectivity index (χ2n) is 6.42. The summed E-state index contributed by atoms with van der Waals surface area (Å²) in [6.45, 7) is 2.05. The molecule has 1 heterocycles. The van der Waals surface area contributed by atoms with Gasteiger partial charge in [0.2, 0.25) is 11.8 Å². The van der Waals surface area contributed by atoms with Crippen molar-refractivity contribution in [3.05, 3.63) is 66.2 Å². The van der Waals surface area contributed by atoms with Gasteiger partial charge in [-0.25, -0.2) is 4.79 Å². The molecule has 0 radical (unpaired) electrons. The van der Waals surface area contributed by atoms with Gasteiger partial charge in [0.05, 0.1) is 5.75 Å². The first-order chi connectivity index (χ1) is 13.4. The molecule has 28 heavy (non-hydrogen) atoms. The summed E-state index contributed by atoms with van der Waals surface area (Å²) >= 11 is 1.40. The predicted octanol–water partition coefficient (Wildman–Crippen LogP) is 3.34. The lowest BCUT2D eigenvalue weighted by Crippen LogP contribution is -2.36. The fourth-order valence-corrected chi connectivity index (χ4v) is 3.97. The van der Waals surface area contributed by atoms with Gasteiger partial charge in [0.15, 0.2) is 0 Å². The average molecular weight is 396 g/mol. The number of carboxylic acid groups (broad SMARTS) is 1. The molecule has 0 spiro atoms. The molecule has 2 amide bonds. The van der Waals surface area contributed by atoms with E-state index in [0.717, 1.165) is 29.2 Å². The molecule has 3 rings (SSSR count). The van der Waals surface area contributed by atoms with E-state index < -0.39 is 11.9 Å². The number of benzene rings is 2. The Balaban J connectivity index is 1.61. The zero-order chi connectivity index (χ0) is 20.1. The van der Waals surface area contributed by atoms with Crippen molar-refractivity contribution in [3.63, 3.8) is 0 Å². The molecule has 1 aliphatic rings. The number of hydrogen-bond donors (Lipinski definition) is 2. The second kappa shape index (κ2) is 8.75. The fraction of sp³-hybridized carbons (Fsp3) is 0.190. The maximum Gasteiger partial charge on any atom is 0.328 e. The van der Waals surface area contributed by atoms with Crippen LogP contribution in [0.4, 0.5) is 11.4 Å². The summed E-state index contributed by atoms with van der Waals surface area (Å²) in [5, 5.41) is 11.2. The first-order valence-corrected chi connectivity index (χ1v) is 9.77. The van der Waals surface area contributed by atoms with Crippen molar-refractivity contribution in [2.45, 2.75) is 24.3 Å². The molecule has 144 valence electrons. The Labute approximate surface area is 167 Å². The number of hydrogen-bond acceptors (Lipinski definition) is 4. The van der Waals surface area contributed by atoms with Gasteiger partial charge < -0.3 is 15.3 Å². The van der Waals surface area contributed by atoms with Crippen LogP contribution in [0.5, 0.6) is 0 Å². The van der Waals surface area contributed by atoms with Crippen molar-refractivity contribution in [1.29, 1.82) is 0 Å². The Hall–Kier alpha value is -3.06. The fourth-order valence-electron chi connectivity index (χ4n) is 3.15. The molecule has 0 aliphatic carbocycles. The van der Waals surface area contributed by atoms with Crippen LogP contribution in [0.15, 0.2) is 65.6 Å². The SMILES string of the molecule is CC1Cc2ccccc2N1C(=O)CSc1cccc(NC(=O)/C=C/C(=O)O)c1. The zero-order valence-electron chi connectivity index (χ0n) is 15.3. The van der Waals surface area contributed by atoms with E-state index in [1.807, 2.05) is 36.1 Å². The number of carbonyl (C=O) groups is 3. The highest BCUT2D eigenvalue weighted by Crippen LogP contribution is 2.33. The number of para-hydroxylation sites is 1. The minimum absolute atomic E-state index is 0.0429. The summed E-state index contributed by atoms with van der Waals surface area (Å²) < 4.78 is 0. The number of fused-ring (bicyclic) bond motifs is 1. The number of amides is 2. The van der Waals surface area contributed by atoms with Gasteiger partial charge in [-0.3, -0.25) is 9.59 Å². The number of anilines is 2.